The first kappa shape index (κ1) is 14.0. The van der Waals surface area contributed by atoms with Crippen LogP contribution in [-0.4, -0.2) is 10.2 Å². The third-order valence-electron chi connectivity index (χ3n) is 4.77. The van der Waals surface area contributed by atoms with Gasteiger partial charge in [0.2, 0.25) is 5.78 Å². The largest absolute Gasteiger partial charge is 0.306 e. The van der Waals surface area contributed by atoms with Crippen molar-refractivity contribution in [3.05, 3.63) is 102 Å². The van der Waals surface area contributed by atoms with Crippen LogP contribution in [-0.2, 0) is 0 Å². The van der Waals surface area contributed by atoms with E-state index in [-0.39, 0.29) is 5.78 Å². The number of fused-ring (bicyclic) bond motifs is 4. The highest BCUT2D eigenvalue weighted by atomic mass is 16.1. The van der Waals surface area contributed by atoms with Gasteiger partial charge >= 0.3 is 0 Å². The summed E-state index contributed by atoms with van der Waals surface area (Å²) in [5.41, 5.74) is 3.49. The average Bonchev–Trinajstić information content (AvgIpc) is 3.11. The minimum absolute atomic E-state index is 0.0436. The van der Waals surface area contributed by atoms with Gasteiger partial charge in [-0.15, -0.1) is 0 Å². The minimum atomic E-state index is 0.0436. The monoisotopic (exact) mass is 321 g/mol. The summed E-state index contributed by atoms with van der Waals surface area (Å²) < 4.78 is 2.05. The van der Waals surface area contributed by atoms with E-state index >= 15 is 0 Å². The molecule has 0 radical (unpaired) electrons. The Morgan fingerprint density at radius 1 is 0.640 bits per heavy atom. The highest BCUT2D eigenvalue weighted by Crippen LogP contribution is 2.23. The maximum Gasteiger partial charge on any atom is 0.209 e. The lowest BCUT2D eigenvalue weighted by Gasteiger charge is -2.08. The molecule has 2 nitrogen and oxygen atoms in total. The molecule has 0 saturated heterocycles. The SMILES string of the molecule is O=C(c1ccc2ccccc2c1)c1ccc2ccc3ccccc3n12. The Labute approximate surface area is 144 Å². The Kier molecular flexibility index (Phi) is 2.98. The summed E-state index contributed by atoms with van der Waals surface area (Å²) in [6, 6.07) is 30.2. The number of nitrogens with zero attached hydrogens (tertiary/aromatic N) is 1. The van der Waals surface area contributed by atoms with E-state index in [1.807, 2.05) is 65.1 Å². The zero-order valence-electron chi connectivity index (χ0n) is 13.5. The molecule has 118 valence electrons. The molecule has 0 N–H and O–H groups in total. The molecule has 2 aromatic heterocycles. The van der Waals surface area contributed by atoms with Gasteiger partial charge in [0.1, 0.15) is 0 Å². The van der Waals surface area contributed by atoms with Crippen molar-refractivity contribution >= 4 is 33.0 Å². The highest BCUT2D eigenvalue weighted by molar-refractivity contribution is 6.11. The van der Waals surface area contributed by atoms with Gasteiger partial charge in [-0.3, -0.25) is 4.79 Å². The van der Waals surface area contributed by atoms with Gasteiger partial charge in [0.25, 0.3) is 0 Å². The molecule has 0 atom stereocenters. The average molecular weight is 321 g/mol. The molecule has 3 aromatic carbocycles. The van der Waals surface area contributed by atoms with E-state index in [9.17, 15) is 4.79 Å². The van der Waals surface area contributed by atoms with E-state index < -0.39 is 0 Å². The number of benzene rings is 3. The molecule has 0 saturated carbocycles. The Hall–Kier alpha value is -3.39. The van der Waals surface area contributed by atoms with E-state index in [2.05, 4.69) is 30.3 Å². The fourth-order valence-corrected chi connectivity index (χ4v) is 3.51. The Morgan fingerprint density at radius 3 is 2.20 bits per heavy atom. The smallest absolute Gasteiger partial charge is 0.209 e. The standard InChI is InChI=1S/C23H15NO/c25-23(19-10-9-16-5-1-2-7-18(16)15-19)22-14-13-20-12-11-17-6-3-4-8-21(17)24(20)22/h1-15H. The molecule has 25 heavy (non-hydrogen) atoms. The van der Waals surface area contributed by atoms with E-state index in [1.54, 1.807) is 0 Å². The van der Waals surface area contributed by atoms with Crippen molar-refractivity contribution in [2.75, 3.05) is 0 Å². The molecule has 0 bridgehead atoms. The second-order valence-electron chi connectivity index (χ2n) is 6.26. The second kappa shape index (κ2) is 5.32. The Bertz CT molecular complexity index is 1260. The number of hydrogen-bond donors (Lipinski definition) is 0. The van der Waals surface area contributed by atoms with Crippen LogP contribution in [0.15, 0.2) is 91.0 Å². The summed E-state index contributed by atoms with van der Waals surface area (Å²) in [5, 5.41) is 3.35. The fourth-order valence-electron chi connectivity index (χ4n) is 3.51. The van der Waals surface area contributed by atoms with Crippen LogP contribution in [0.5, 0.6) is 0 Å². The van der Waals surface area contributed by atoms with Gasteiger partial charge in [0.15, 0.2) is 0 Å². The molecule has 0 aliphatic heterocycles. The van der Waals surface area contributed by atoms with Crippen LogP contribution in [0.4, 0.5) is 0 Å². The lowest BCUT2D eigenvalue weighted by Crippen LogP contribution is -2.05. The number of ketones is 1. The van der Waals surface area contributed by atoms with E-state index in [4.69, 9.17) is 0 Å². The van der Waals surface area contributed by atoms with Crippen LogP contribution in [0.1, 0.15) is 16.1 Å². The number of rotatable bonds is 2. The molecule has 0 aliphatic rings. The van der Waals surface area contributed by atoms with Crippen LogP contribution in [0.2, 0.25) is 0 Å². The molecule has 0 spiro atoms. The normalized spacial score (nSPS) is 11.4. The first-order chi connectivity index (χ1) is 12.3. The van der Waals surface area contributed by atoms with Crippen molar-refractivity contribution in [1.29, 1.82) is 0 Å². The third kappa shape index (κ3) is 2.15. The molecule has 2 heteroatoms. The van der Waals surface area contributed by atoms with Crippen molar-refractivity contribution in [2.24, 2.45) is 0 Å². The molecule has 0 fully saturated rings. The van der Waals surface area contributed by atoms with Crippen LogP contribution in [0.3, 0.4) is 0 Å². The van der Waals surface area contributed by atoms with Crippen molar-refractivity contribution < 1.29 is 4.79 Å². The van der Waals surface area contributed by atoms with Gasteiger partial charge in [0.05, 0.1) is 11.2 Å². The maximum atomic E-state index is 13.2. The van der Waals surface area contributed by atoms with E-state index in [0.29, 0.717) is 11.3 Å². The van der Waals surface area contributed by atoms with Crippen LogP contribution in [0, 0.1) is 0 Å². The minimum Gasteiger partial charge on any atom is -0.306 e. The van der Waals surface area contributed by atoms with Gasteiger partial charge in [-0.05, 0) is 46.5 Å². The Balaban J connectivity index is 1.74. The summed E-state index contributed by atoms with van der Waals surface area (Å²) in [6.45, 7) is 0. The molecular formula is C23H15NO. The van der Waals surface area contributed by atoms with Crippen molar-refractivity contribution in [3.63, 3.8) is 0 Å². The summed E-state index contributed by atoms with van der Waals surface area (Å²) in [6.07, 6.45) is 0. The number of hydrogen-bond acceptors (Lipinski definition) is 1. The number of carbonyl (C=O) groups excluding carboxylic acids is 1. The Morgan fingerprint density at radius 2 is 1.32 bits per heavy atom. The molecule has 5 rings (SSSR count). The van der Waals surface area contributed by atoms with E-state index in [1.165, 1.54) is 0 Å². The fraction of sp³-hybridized carbons (Fsp3) is 0. The third-order valence-corrected chi connectivity index (χ3v) is 4.77. The second-order valence-corrected chi connectivity index (χ2v) is 6.26. The maximum absolute atomic E-state index is 13.2. The van der Waals surface area contributed by atoms with Crippen LogP contribution in [0.25, 0.3) is 27.2 Å². The van der Waals surface area contributed by atoms with Crippen molar-refractivity contribution in [3.8, 4) is 0 Å². The first-order valence-electron chi connectivity index (χ1n) is 8.34. The molecule has 2 heterocycles. The quantitative estimate of drug-likeness (QED) is 0.395. The number of para-hydroxylation sites is 1. The van der Waals surface area contributed by atoms with Gasteiger partial charge in [-0.1, -0.05) is 60.7 Å². The van der Waals surface area contributed by atoms with E-state index in [0.717, 1.165) is 27.2 Å². The highest BCUT2D eigenvalue weighted by Gasteiger charge is 2.15. The number of aromatic nitrogens is 1. The zero-order valence-corrected chi connectivity index (χ0v) is 13.5. The molecular weight excluding hydrogens is 306 g/mol. The zero-order chi connectivity index (χ0) is 16.8. The summed E-state index contributed by atoms with van der Waals surface area (Å²) >= 11 is 0. The lowest BCUT2D eigenvalue weighted by atomic mass is 10.0. The number of carbonyl (C=O) groups is 1. The van der Waals surface area contributed by atoms with Crippen LogP contribution >= 0.6 is 0 Å². The van der Waals surface area contributed by atoms with Crippen LogP contribution < -0.4 is 0 Å². The van der Waals surface area contributed by atoms with Gasteiger partial charge in [0, 0.05) is 11.1 Å². The molecule has 0 unspecified atom stereocenters. The topological polar surface area (TPSA) is 21.5 Å². The number of pyridine rings is 1. The molecule has 5 aromatic rings. The summed E-state index contributed by atoms with van der Waals surface area (Å²) in [5.74, 6) is 0.0436. The van der Waals surface area contributed by atoms with Gasteiger partial charge in [-0.2, -0.15) is 0 Å². The lowest BCUT2D eigenvalue weighted by molar-refractivity contribution is 0.103. The first-order valence-corrected chi connectivity index (χ1v) is 8.34. The summed E-state index contributed by atoms with van der Waals surface area (Å²) in [7, 11) is 0. The predicted octanol–water partition coefficient (Wildman–Crippen LogP) is 5.48. The predicted molar refractivity (Wildman–Crippen MR) is 102 cm³/mol. The van der Waals surface area contributed by atoms with Crippen molar-refractivity contribution in [1.82, 2.24) is 4.40 Å². The van der Waals surface area contributed by atoms with Crippen molar-refractivity contribution in [2.45, 2.75) is 0 Å². The summed E-state index contributed by atoms with van der Waals surface area (Å²) in [4.78, 5) is 13.2. The van der Waals surface area contributed by atoms with Gasteiger partial charge < -0.3 is 4.40 Å². The molecule has 0 amide bonds. The molecule has 0 aliphatic carbocycles. The van der Waals surface area contributed by atoms with Gasteiger partial charge in [-0.25, -0.2) is 0 Å².